The summed E-state index contributed by atoms with van der Waals surface area (Å²) in [5.41, 5.74) is 1.16. The third-order valence-electron chi connectivity index (χ3n) is 1.54. The van der Waals surface area contributed by atoms with Gasteiger partial charge in [-0.3, -0.25) is 0 Å². The van der Waals surface area contributed by atoms with Gasteiger partial charge in [0.05, 0.1) is 6.10 Å². The van der Waals surface area contributed by atoms with Gasteiger partial charge in [-0.1, -0.05) is 5.57 Å². The van der Waals surface area contributed by atoms with Crippen LogP contribution in [0.3, 0.4) is 0 Å². The first-order valence-corrected chi connectivity index (χ1v) is 5.10. The lowest BCUT2D eigenvalue weighted by molar-refractivity contribution is -0.146. The summed E-state index contributed by atoms with van der Waals surface area (Å²) >= 11 is 0. The van der Waals surface area contributed by atoms with Crippen LogP contribution in [0.15, 0.2) is 23.5 Å². The molecule has 0 rings (SSSR count). The molecule has 15 heavy (non-hydrogen) atoms. The van der Waals surface area contributed by atoms with Gasteiger partial charge in [0.1, 0.15) is 6.61 Å². The lowest BCUT2D eigenvalue weighted by Crippen LogP contribution is -2.15. The van der Waals surface area contributed by atoms with Gasteiger partial charge in [-0.05, 0) is 46.8 Å². The fourth-order valence-electron chi connectivity index (χ4n) is 0.830. The highest BCUT2D eigenvalue weighted by Crippen LogP contribution is 2.04. The van der Waals surface area contributed by atoms with Crippen molar-refractivity contribution in [3.05, 3.63) is 23.5 Å². The van der Waals surface area contributed by atoms with Crippen LogP contribution in [0.25, 0.3) is 0 Å². The van der Waals surface area contributed by atoms with E-state index in [4.69, 9.17) is 9.47 Å². The number of esters is 1. The van der Waals surface area contributed by atoms with Crippen LogP contribution in [0.4, 0.5) is 0 Å². The lowest BCUT2D eigenvalue weighted by atomic mass is 10.3. The van der Waals surface area contributed by atoms with Gasteiger partial charge in [0.2, 0.25) is 5.76 Å². The van der Waals surface area contributed by atoms with Crippen molar-refractivity contribution >= 4 is 5.97 Å². The first kappa shape index (κ1) is 13.8. The van der Waals surface area contributed by atoms with Crippen LogP contribution in [-0.4, -0.2) is 18.7 Å². The summed E-state index contributed by atoms with van der Waals surface area (Å²) in [4.78, 5) is 11.4. The highest BCUT2D eigenvalue weighted by Gasteiger charge is 2.12. The van der Waals surface area contributed by atoms with Crippen LogP contribution in [0.1, 0.15) is 34.6 Å². The van der Waals surface area contributed by atoms with E-state index in [1.807, 2.05) is 19.9 Å². The predicted octanol–water partition coefficient (Wildman–Crippen LogP) is 2.82. The van der Waals surface area contributed by atoms with E-state index in [0.717, 1.165) is 5.57 Å². The zero-order chi connectivity index (χ0) is 11.8. The zero-order valence-electron chi connectivity index (χ0n) is 10.2. The standard InChI is InChI=1S/C12H20O3/c1-6-11(12(13)15-10(4)5)14-8-7-9(2)3/h6-7,10H,8H2,1-5H3/b11-6-. The molecule has 3 nitrogen and oxygen atoms in total. The van der Waals surface area contributed by atoms with Crippen molar-refractivity contribution in [2.45, 2.75) is 40.7 Å². The molecule has 0 fully saturated rings. The maximum Gasteiger partial charge on any atom is 0.373 e. The molecule has 0 aliphatic carbocycles. The van der Waals surface area contributed by atoms with Gasteiger partial charge >= 0.3 is 5.97 Å². The van der Waals surface area contributed by atoms with Crippen molar-refractivity contribution in [3.8, 4) is 0 Å². The van der Waals surface area contributed by atoms with Crippen molar-refractivity contribution in [2.24, 2.45) is 0 Å². The Labute approximate surface area is 91.8 Å². The molecule has 0 heterocycles. The fraction of sp³-hybridized carbons (Fsp3) is 0.583. The average Bonchev–Trinajstić information content (AvgIpc) is 2.10. The fourth-order valence-corrected chi connectivity index (χ4v) is 0.830. The van der Waals surface area contributed by atoms with Gasteiger partial charge in [0, 0.05) is 0 Å². The van der Waals surface area contributed by atoms with Crippen molar-refractivity contribution in [1.82, 2.24) is 0 Å². The summed E-state index contributed by atoms with van der Waals surface area (Å²) in [6.07, 6.45) is 3.40. The lowest BCUT2D eigenvalue weighted by Gasteiger charge is -2.10. The molecule has 0 aromatic carbocycles. The second-order valence-electron chi connectivity index (χ2n) is 3.70. The molecule has 0 spiro atoms. The van der Waals surface area contributed by atoms with Gasteiger partial charge in [-0.2, -0.15) is 0 Å². The SMILES string of the molecule is C/C=C(\OCC=C(C)C)C(=O)OC(C)C. The van der Waals surface area contributed by atoms with Crippen LogP contribution < -0.4 is 0 Å². The van der Waals surface area contributed by atoms with E-state index >= 15 is 0 Å². The summed E-state index contributed by atoms with van der Waals surface area (Å²) < 4.78 is 10.3. The quantitative estimate of drug-likeness (QED) is 0.304. The van der Waals surface area contributed by atoms with Gasteiger partial charge in [0.15, 0.2) is 0 Å². The molecule has 0 radical (unpaired) electrons. The minimum atomic E-state index is -0.408. The predicted molar refractivity (Wildman–Crippen MR) is 60.4 cm³/mol. The molecule has 3 heteroatoms. The molecular formula is C12H20O3. The first-order chi connectivity index (χ1) is 6.97. The third-order valence-corrected chi connectivity index (χ3v) is 1.54. The smallest absolute Gasteiger partial charge is 0.373 e. The van der Waals surface area contributed by atoms with Crippen molar-refractivity contribution < 1.29 is 14.3 Å². The van der Waals surface area contributed by atoms with E-state index in [1.165, 1.54) is 0 Å². The molecule has 0 amide bonds. The van der Waals surface area contributed by atoms with Gasteiger partial charge in [0.25, 0.3) is 0 Å². The summed E-state index contributed by atoms with van der Waals surface area (Å²) in [5.74, 6) is -0.143. The number of carbonyl (C=O) groups is 1. The minimum Gasteiger partial charge on any atom is -0.483 e. The maximum absolute atomic E-state index is 11.4. The Morgan fingerprint density at radius 1 is 1.33 bits per heavy atom. The van der Waals surface area contributed by atoms with Gasteiger partial charge in [-0.15, -0.1) is 0 Å². The van der Waals surface area contributed by atoms with Gasteiger partial charge < -0.3 is 9.47 Å². The number of allylic oxidation sites excluding steroid dienone is 2. The van der Waals surface area contributed by atoms with E-state index in [-0.39, 0.29) is 11.9 Å². The molecule has 0 N–H and O–H groups in total. The molecule has 0 aliphatic rings. The minimum absolute atomic E-state index is 0.125. The Morgan fingerprint density at radius 2 is 1.93 bits per heavy atom. The Balaban J connectivity index is 4.15. The molecule has 0 aromatic heterocycles. The second-order valence-corrected chi connectivity index (χ2v) is 3.70. The number of carbonyl (C=O) groups excluding carboxylic acids is 1. The summed E-state index contributed by atoms with van der Waals surface area (Å²) in [6.45, 7) is 9.72. The Morgan fingerprint density at radius 3 is 2.33 bits per heavy atom. The Kier molecular flexibility index (Phi) is 6.50. The van der Waals surface area contributed by atoms with E-state index in [0.29, 0.717) is 6.61 Å². The molecule has 0 atom stereocenters. The Bertz CT molecular complexity index is 258. The summed E-state index contributed by atoms with van der Waals surface area (Å²) in [6, 6.07) is 0. The summed E-state index contributed by atoms with van der Waals surface area (Å²) in [7, 11) is 0. The first-order valence-electron chi connectivity index (χ1n) is 5.10. The van der Waals surface area contributed by atoms with E-state index < -0.39 is 5.97 Å². The second kappa shape index (κ2) is 7.10. The molecule has 0 aromatic rings. The topological polar surface area (TPSA) is 35.5 Å². The maximum atomic E-state index is 11.4. The molecule has 0 saturated heterocycles. The molecule has 0 saturated carbocycles. The van der Waals surface area contributed by atoms with E-state index in [2.05, 4.69) is 0 Å². The highest BCUT2D eigenvalue weighted by molar-refractivity contribution is 5.86. The largest absolute Gasteiger partial charge is 0.483 e. The Hall–Kier alpha value is -1.25. The van der Waals surface area contributed by atoms with Crippen molar-refractivity contribution in [3.63, 3.8) is 0 Å². The molecule has 0 unspecified atom stereocenters. The van der Waals surface area contributed by atoms with Crippen LogP contribution in [-0.2, 0) is 14.3 Å². The van der Waals surface area contributed by atoms with Crippen LogP contribution >= 0.6 is 0 Å². The normalized spacial score (nSPS) is 11.2. The van der Waals surface area contributed by atoms with Crippen LogP contribution in [0.2, 0.25) is 0 Å². The van der Waals surface area contributed by atoms with E-state index in [1.54, 1.807) is 26.8 Å². The van der Waals surface area contributed by atoms with Crippen LogP contribution in [0, 0.1) is 0 Å². The monoisotopic (exact) mass is 212 g/mol. The molecular weight excluding hydrogens is 192 g/mol. The van der Waals surface area contributed by atoms with Crippen molar-refractivity contribution in [1.29, 1.82) is 0 Å². The summed E-state index contributed by atoms with van der Waals surface area (Å²) in [5, 5.41) is 0. The van der Waals surface area contributed by atoms with Gasteiger partial charge in [-0.25, -0.2) is 4.79 Å². The molecule has 86 valence electrons. The zero-order valence-corrected chi connectivity index (χ0v) is 10.2. The third kappa shape index (κ3) is 6.77. The van der Waals surface area contributed by atoms with Crippen LogP contribution in [0.5, 0.6) is 0 Å². The number of hydrogen-bond donors (Lipinski definition) is 0. The number of hydrogen-bond acceptors (Lipinski definition) is 3. The number of rotatable bonds is 5. The molecule has 0 aliphatic heterocycles. The number of ether oxygens (including phenoxy) is 2. The van der Waals surface area contributed by atoms with Crippen molar-refractivity contribution in [2.75, 3.05) is 6.61 Å². The average molecular weight is 212 g/mol. The molecule has 0 bridgehead atoms. The highest BCUT2D eigenvalue weighted by atomic mass is 16.6. The van der Waals surface area contributed by atoms with E-state index in [9.17, 15) is 4.79 Å².